The number of anilines is 2. The molecule has 8 heteroatoms. The van der Waals surface area contributed by atoms with Crippen LogP contribution in [0.2, 0.25) is 0 Å². The SMILES string of the molecule is CCN1CCN(CCCN2c3ccc(C(=O)NCc4ccc(F)cc4)cc3N=C(c3ccc(F)cc3)c3ccccc32)CC1. The highest BCUT2D eigenvalue weighted by Crippen LogP contribution is 2.41. The molecule has 0 radical (unpaired) electrons. The standard InChI is InChI=1S/C36H37F2N5O/c1-2-41-20-22-42(23-21-41)18-5-19-43-33-7-4-3-6-31(33)35(27-10-15-30(38)16-11-27)40-32-24-28(12-17-34(32)43)36(44)39-25-26-8-13-29(37)14-9-26/h3-4,6-17,24H,2,5,18-23,25H2,1H3,(H,39,44). The highest BCUT2D eigenvalue weighted by molar-refractivity contribution is 6.19. The number of nitrogens with one attached hydrogen (secondary N) is 1. The minimum atomic E-state index is -0.315. The van der Waals surface area contributed by atoms with Crippen molar-refractivity contribution in [3.8, 4) is 0 Å². The smallest absolute Gasteiger partial charge is 0.251 e. The van der Waals surface area contributed by atoms with Crippen molar-refractivity contribution < 1.29 is 13.6 Å². The lowest BCUT2D eigenvalue weighted by atomic mass is 10.00. The summed E-state index contributed by atoms with van der Waals surface area (Å²) >= 11 is 0. The topological polar surface area (TPSA) is 51.2 Å². The summed E-state index contributed by atoms with van der Waals surface area (Å²) in [7, 11) is 0. The zero-order chi connectivity index (χ0) is 30.5. The average molecular weight is 594 g/mol. The van der Waals surface area contributed by atoms with E-state index in [2.05, 4.69) is 39.1 Å². The van der Waals surface area contributed by atoms with Gasteiger partial charge in [0.05, 0.1) is 22.8 Å². The van der Waals surface area contributed by atoms with Crippen molar-refractivity contribution >= 4 is 28.7 Å². The van der Waals surface area contributed by atoms with Crippen LogP contribution in [-0.2, 0) is 6.54 Å². The van der Waals surface area contributed by atoms with E-state index in [1.165, 1.54) is 24.3 Å². The first-order chi connectivity index (χ1) is 21.5. The number of benzene rings is 4. The third-order valence-electron chi connectivity index (χ3n) is 8.46. The lowest BCUT2D eigenvalue weighted by Gasteiger charge is -2.34. The van der Waals surface area contributed by atoms with Gasteiger partial charge < -0.3 is 20.0 Å². The fraction of sp³-hybridized carbons (Fsp3) is 0.278. The van der Waals surface area contributed by atoms with E-state index < -0.39 is 0 Å². The number of carbonyl (C=O) groups is 1. The maximum atomic E-state index is 13.9. The van der Waals surface area contributed by atoms with Gasteiger partial charge in [-0.1, -0.05) is 37.3 Å². The van der Waals surface area contributed by atoms with E-state index in [0.717, 1.165) is 86.0 Å². The number of halogens is 2. The molecule has 2 heterocycles. The molecule has 1 N–H and O–H groups in total. The number of para-hydroxylation sites is 1. The van der Waals surface area contributed by atoms with E-state index in [9.17, 15) is 13.6 Å². The highest BCUT2D eigenvalue weighted by Gasteiger charge is 2.25. The molecule has 6 nitrogen and oxygen atoms in total. The summed E-state index contributed by atoms with van der Waals surface area (Å²) in [6.45, 7) is 9.74. The van der Waals surface area contributed by atoms with Crippen LogP contribution >= 0.6 is 0 Å². The van der Waals surface area contributed by atoms with E-state index in [-0.39, 0.29) is 24.1 Å². The third kappa shape index (κ3) is 6.72. The zero-order valence-electron chi connectivity index (χ0n) is 25.0. The third-order valence-corrected chi connectivity index (χ3v) is 8.46. The van der Waals surface area contributed by atoms with Gasteiger partial charge in [-0.05, 0) is 85.7 Å². The molecule has 1 amide bonds. The van der Waals surface area contributed by atoms with Gasteiger partial charge in [-0.15, -0.1) is 0 Å². The molecule has 226 valence electrons. The summed E-state index contributed by atoms with van der Waals surface area (Å²) in [5.41, 5.74) is 6.38. The van der Waals surface area contributed by atoms with Crippen molar-refractivity contribution in [1.29, 1.82) is 0 Å². The van der Waals surface area contributed by atoms with Gasteiger partial charge in [0.1, 0.15) is 11.6 Å². The number of hydrogen-bond donors (Lipinski definition) is 1. The van der Waals surface area contributed by atoms with E-state index >= 15 is 0 Å². The Morgan fingerprint density at radius 3 is 2.20 bits per heavy atom. The second-order valence-electron chi connectivity index (χ2n) is 11.3. The summed E-state index contributed by atoms with van der Waals surface area (Å²) < 4.78 is 27.2. The molecule has 0 aromatic heterocycles. The predicted octanol–water partition coefficient (Wildman–Crippen LogP) is 6.54. The van der Waals surface area contributed by atoms with E-state index in [0.29, 0.717) is 11.3 Å². The van der Waals surface area contributed by atoms with Crippen molar-refractivity contribution in [2.75, 3.05) is 50.7 Å². The Bertz CT molecular complexity index is 1630. The first kappa shape index (κ1) is 29.7. The number of rotatable bonds is 9. The molecule has 2 aliphatic heterocycles. The summed E-state index contributed by atoms with van der Waals surface area (Å²) in [5.74, 6) is -0.862. The lowest BCUT2D eigenvalue weighted by molar-refractivity contribution is 0.0951. The maximum Gasteiger partial charge on any atom is 0.251 e. The molecule has 0 atom stereocenters. The average Bonchev–Trinajstić information content (AvgIpc) is 3.19. The van der Waals surface area contributed by atoms with Crippen LogP contribution in [0.5, 0.6) is 0 Å². The van der Waals surface area contributed by atoms with Crippen LogP contribution in [0.4, 0.5) is 25.8 Å². The predicted molar refractivity (Wildman–Crippen MR) is 172 cm³/mol. The number of fused-ring (bicyclic) bond motifs is 2. The number of hydrogen-bond acceptors (Lipinski definition) is 5. The van der Waals surface area contributed by atoms with E-state index in [4.69, 9.17) is 4.99 Å². The minimum absolute atomic E-state index is 0.241. The van der Waals surface area contributed by atoms with Gasteiger partial charge in [0.25, 0.3) is 5.91 Å². The molecule has 0 bridgehead atoms. The molecule has 4 aromatic carbocycles. The number of likely N-dealkylation sites (N-methyl/N-ethyl adjacent to an activating group) is 1. The Hall–Kier alpha value is -4.40. The number of nitrogens with zero attached hydrogens (tertiary/aromatic N) is 4. The Balaban J connectivity index is 1.31. The Labute approximate surface area is 257 Å². The van der Waals surface area contributed by atoms with Crippen LogP contribution < -0.4 is 10.2 Å². The summed E-state index contributed by atoms with van der Waals surface area (Å²) in [5, 5.41) is 2.94. The van der Waals surface area contributed by atoms with Gasteiger partial charge in [0.15, 0.2) is 0 Å². The fourth-order valence-electron chi connectivity index (χ4n) is 5.94. The van der Waals surface area contributed by atoms with Crippen molar-refractivity contribution in [2.24, 2.45) is 4.99 Å². The first-order valence-electron chi connectivity index (χ1n) is 15.3. The molecular formula is C36H37F2N5O. The molecule has 44 heavy (non-hydrogen) atoms. The van der Waals surface area contributed by atoms with Crippen molar-refractivity contribution in [3.05, 3.63) is 125 Å². The number of piperazine rings is 1. The van der Waals surface area contributed by atoms with Gasteiger partial charge in [-0.2, -0.15) is 0 Å². The molecule has 4 aromatic rings. The van der Waals surface area contributed by atoms with Crippen molar-refractivity contribution in [2.45, 2.75) is 19.9 Å². The Kier molecular flexibility index (Phi) is 9.09. The summed E-state index contributed by atoms with van der Waals surface area (Å²) in [4.78, 5) is 25.7. The van der Waals surface area contributed by atoms with Gasteiger partial charge in [0, 0.05) is 56.0 Å². The quantitative estimate of drug-likeness (QED) is 0.239. The van der Waals surface area contributed by atoms with Gasteiger partial charge in [-0.25, -0.2) is 13.8 Å². The monoisotopic (exact) mass is 593 g/mol. The summed E-state index contributed by atoms with van der Waals surface area (Å²) in [6, 6.07) is 26.3. The molecule has 0 saturated carbocycles. The van der Waals surface area contributed by atoms with Crippen molar-refractivity contribution in [3.63, 3.8) is 0 Å². The molecule has 6 rings (SSSR count). The maximum absolute atomic E-state index is 13.9. The second kappa shape index (κ2) is 13.5. The van der Waals surface area contributed by atoms with Crippen molar-refractivity contribution in [1.82, 2.24) is 15.1 Å². The molecular weight excluding hydrogens is 556 g/mol. The second-order valence-corrected chi connectivity index (χ2v) is 11.3. The van der Waals surface area contributed by atoms with Gasteiger partial charge in [-0.3, -0.25) is 4.79 Å². The normalized spacial score (nSPS) is 15.2. The summed E-state index contributed by atoms with van der Waals surface area (Å²) in [6.07, 6.45) is 0.964. The molecule has 2 aliphatic rings. The molecule has 1 fully saturated rings. The molecule has 1 saturated heterocycles. The van der Waals surface area contributed by atoms with Crippen LogP contribution in [0.3, 0.4) is 0 Å². The molecule has 0 aliphatic carbocycles. The van der Waals surface area contributed by atoms with Crippen LogP contribution in [0.1, 0.15) is 40.4 Å². The first-order valence-corrected chi connectivity index (χ1v) is 15.3. The Morgan fingerprint density at radius 1 is 0.795 bits per heavy atom. The van der Waals surface area contributed by atoms with Crippen LogP contribution in [0, 0.1) is 11.6 Å². The largest absolute Gasteiger partial charge is 0.348 e. The van der Waals surface area contributed by atoms with E-state index in [1.807, 2.05) is 30.3 Å². The molecule has 0 spiro atoms. The molecule has 0 unspecified atom stereocenters. The van der Waals surface area contributed by atoms with Crippen LogP contribution in [0.25, 0.3) is 0 Å². The number of aliphatic imine (C=N–C) groups is 1. The zero-order valence-corrected chi connectivity index (χ0v) is 25.0. The van der Waals surface area contributed by atoms with E-state index in [1.54, 1.807) is 24.3 Å². The van der Waals surface area contributed by atoms with Crippen LogP contribution in [-0.4, -0.2) is 67.2 Å². The number of amides is 1. The number of carbonyl (C=O) groups excluding carboxylic acids is 1. The van der Waals surface area contributed by atoms with Gasteiger partial charge in [0.2, 0.25) is 0 Å². The van der Waals surface area contributed by atoms with Gasteiger partial charge >= 0.3 is 0 Å². The minimum Gasteiger partial charge on any atom is -0.348 e. The Morgan fingerprint density at radius 2 is 1.48 bits per heavy atom. The highest BCUT2D eigenvalue weighted by atomic mass is 19.1. The fourth-order valence-corrected chi connectivity index (χ4v) is 5.94. The van der Waals surface area contributed by atoms with Crippen LogP contribution in [0.15, 0.2) is 96.0 Å². The lowest BCUT2D eigenvalue weighted by Crippen LogP contribution is -2.46.